The lowest BCUT2D eigenvalue weighted by atomic mass is 10.1. The molecule has 1 aliphatic carbocycles. The van der Waals surface area contributed by atoms with Crippen LogP contribution in [0.2, 0.25) is 0 Å². The molecule has 1 amide bonds. The number of aryl methyl sites for hydroxylation is 1. The molecule has 3 rings (SSSR count). The van der Waals surface area contributed by atoms with Gasteiger partial charge in [0.1, 0.15) is 5.82 Å². The average molecular weight is 271 g/mol. The molecule has 0 spiro atoms. The van der Waals surface area contributed by atoms with Gasteiger partial charge in [0.25, 0.3) is 5.91 Å². The van der Waals surface area contributed by atoms with E-state index in [9.17, 15) is 9.18 Å². The van der Waals surface area contributed by atoms with Gasteiger partial charge in [0.2, 0.25) is 0 Å². The van der Waals surface area contributed by atoms with Crippen LogP contribution in [0, 0.1) is 24.6 Å². The predicted molar refractivity (Wildman–Crippen MR) is 69.5 cm³/mol. The van der Waals surface area contributed by atoms with Crippen LogP contribution in [-0.2, 0) is 0 Å². The molecule has 2 unspecified atom stereocenters. The minimum atomic E-state index is -0.408. The number of hydrogen-bond acceptors (Lipinski definition) is 2. The number of piperidine rings is 1. The lowest BCUT2D eigenvalue weighted by Gasteiger charge is -2.09. The van der Waals surface area contributed by atoms with E-state index in [-0.39, 0.29) is 29.9 Å². The Morgan fingerprint density at radius 3 is 2.72 bits per heavy atom. The van der Waals surface area contributed by atoms with Gasteiger partial charge in [0, 0.05) is 19.1 Å². The predicted octanol–water partition coefficient (Wildman–Crippen LogP) is 1.50. The highest BCUT2D eigenvalue weighted by Gasteiger charge is 2.53. The normalized spacial score (nSPS) is 28.2. The number of halogens is 2. The van der Waals surface area contributed by atoms with Gasteiger partial charge in [-0.15, -0.1) is 12.4 Å². The molecule has 98 valence electrons. The number of hydrogen-bond donors (Lipinski definition) is 2. The maximum Gasteiger partial charge on any atom is 0.254 e. The zero-order valence-electron chi connectivity index (χ0n) is 10.1. The molecular formula is C13H16ClFN2O. The van der Waals surface area contributed by atoms with Gasteiger partial charge in [-0.05, 0) is 30.4 Å². The molecule has 1 saturated carbocycles. The second kappa shape index (κ2) is 4.86. The summed E-state index contributed by atoms with van der Waals surface area (Å²) in [7, 11) is 0. The zero-order valence-corrected chi connectivity index (χ0v) is 10.9. The van der Waals surface area contributed by atoms with Gasteiger partial charge in [-0.25, -0.2) is 4.39 Å². The van der Waals surface area contributed by atoms with Crippen molar-refractivity contribution in [2.45, 2.75) is 13.0 Å². The van der Waals surface area contributed by atoms with Gasteiger partial charge >= 0.3 is 0 Å². The van der Waals surface area contributed by atoms with Crippen molar-refractivity contribution < 1.29 is 9.18 Å². The first kappa shape index (κ1) is 13.3. The molecule has 2 atom stereocenters. The van der Waals surface area contributed by atoms with Crippen LogP contribution in [0.1, 0.15) is 15.9 Å². The maximum absolute atomic E-state index is 13.7. The van der Waals surface area contributed by atoms with Crippen molar-refractivity contribution >= 4 is 18.3 Å². The summed E-state index contributed by atoms with van der Waals surface area (Å²) < 4.78 is 13.7. The number of rotatable bonds is 2. The number of nitrogens with one attached hydrogen (secondary N) is 2. The first-order valence-corrected chi connectivity index (χ1v) is 5.95. The largest absolute Gasteiger partial charge is 0.349 e. The maximum atomic E-state index is 13.7. The molecule has 1 saturated heterocycles. The van der Waals surface area contributed by atoms with E-state index >= 15 is 0 Å². The summed E-state index contributed by atoms with van der Waals surface area (Å²) in [6.07, 6.45) is 0. The van der Waals surface area contributed by atoms with Crippen molar-refractivity contribution in [3.05, 3.63) is 35.1 Å². The smallest absolute Gasteiger partial charge is 0.254 e. The number of carbonyl (C=O) groups is 1. The molecule has 1 aliphatic heterocycles. The lowest BCUT2D eigenvalue weighted by Crippen LogP contribution is -2.33. The molecule has 5 heteroatoms. The highest BCUT2D eigenvalue weighted by molar-refractivity contribution is 5.95. The van der Waals surface area contributed by atoms with E-state index in [4.69, 9.17) is 0 Å². The number of fused-ring (bicyclic) bond motifs is 1. The van der Waals surface area contributed by atoms with Crippen LogP contribution >= 0.6 is 12.4 Å². The van der Waals surface area contributed by atoms with Crippen molar-refractivity contribution in [2.75, 3.05) is 13.1 Å². The Morgan fingerprint density at radius 1 is 1.39 bits per heavy atom. The third kappa shape index (κ3) is 2.10. The highest BCUT2D eigenvalue weighted by Crippen LogP contribution is 2.41. The molecular weight excluding hydrogens is 255 g/mol. The van der Waals surface area contributed by atoms with E-state index < -0.39 is 5.82 Å². The minimum Gasteiger partial charge on any atom is -0.349 e. The summed E-state index contributed by atoms with van der Waals surface area (Å²) >= 11 is 0. The van der Waals surface area contributed by atoms with Crippen molar-refractivity contribution in [1.82, 2.24) is 10.6 Å². The molecule has 1 heterocycles. The Labute approximate surface area is 112 Å². The van der Waals surface area contributed by atoms with Gasteiger partial charge < -0.3 is 10.6 Å². The fourth-order valence-corrected chi connectivity index (χ4v) is 2.68. The van der Waals surface area contributed by atoms with Crippen LogP contribution in [0.3, 0.4) is 0 Å². The lowest BCUT2D eigenvalue weighted by molar-refractivity contribution is 0.0942. The zero-order chi connectivity index (χ0) is 12.0. The third-order valence-corrected chi connectivity index (χ3v) is 3.83. The standard InChI is InChI=1S/C13H15FN2O.ClH/c1-7-3-2-4-8(11(7)14)13(17)16-12-9-5-15-6-10(9)12;/h2-4,9-10,12,15H,5-6H2,1H3,(H,16,17);1H. The van der Waals surface area contributed by atoms with E-state index in [1.165, 1.54) is 6.07 Å². The van der Waals surface area contributed by atoms with E-state index in [1.807, 2.05) is 0 Å². The SMILES string of the molecule is Cc1cccc(C(=O)NC2C3CNCC32)c1F.Cl. The quantitative estimate of drug-likeness (QED) is 0.855. The first-order valence-electron chi connectivity index (χ1n) is 5.95. The molecule has 1 aromatic carbocycles. The summed E-state index contributed by atoms with van der Waals surface area (Å²) in [5.41, 5.74) is 0.665. The Balaban J connectivity index is 0.00000120. The first-order chi connectivity index (χ1) is 8.18. The van der Waals surface area contributed by atoms with Crippen molar-refractivity contribution in [3.8, 4) is 0 Å². The summed E-state index contributed by atoms with van der Waals surface area (Å²) in [5.74, 6) is 0.401. The van der Waals surface area contributed by atoms with E-state index in [2.05, 4.69) is 10.6 Å². The minimum absolute atomic E-state index is 0. The van der Waals surface area contributed by atoms with Gasteiger partial charge in [-0.1, -0.05) is 12.1 Å². The van der Waals surface area contributed by atoms with Crippen LogP contribution in [0.25, 0.3) is 0 Å². The van der Waals surface area contributed by atoms with E-state index in [0.717, 1.165) is 13.1 Å². The highest BCUT2D eigenvalue weighted by atomic mass is 35.5. The topological polar surface area (TPSA) is 41.1 Å². The number of amides is 1. The van der Waals surface area contributed by atoms with Gasteiger partial charge in [-0.2, -0.15) is 0 Å². The molecule has 18 heavy (non-hydrogen) atoms. The Bertz CT molecular complexity index is 470. The second-order valence-corrected chi connectivity index (χ2v) is 4.92. The Kier molecular flexibility index (Phi) is 3.59. The molecule has 3 nitrogen and oxygen atoms in total. The summed E-state index contributed by atoms with van der Waals surface area (Å²) in [4.78, 5) is 11.9. The van der Waals surface area contributed by atoms with Gasteiger partial charge in [-0.3, -0.25) is 4.79 Å². The van der Waals surface area contributed by atoms with Crippen molar-refractivity contribution in [2.24, 2.45) is 11.8 Å². The Hall–Kier alpha value is -1.13. The summed E-state index contributed by atoms with van der Waals surface area (Å²) in [6, 6.07) is 5.15. The van der Waals surface area contributed by atoms with Crippen molar-refractivity contribution in [3.63, 3.8) is 0 Å². The molecule has 2 fully saturated rings. The van der Waals surface area contributed by atoms with Crippen LogP contribution in [0.15, 0.2) is 18.2 Å². The Morgan fingerprint density at radius 2 is 2.06 bits per heavy atom. The molecule has 0 aromatic heterocycles. The molecule has 1 aromatic rings. The van der Waals surface area contributed by atoms with Crippen LogP contribution in [0.4, 0.5) is 4.39 Å². The molecule has 2 aliphatic rings. The number of benzene rings is 1. The van der Waals surface area contributed by atoms with Crippen LogP contribution < -0.4 is 10.6 Å². The fourth-order valence-electron chi connectivity index (χ4n) is 2.68. The molecule has 0 radical (unpaired) electrons. The van der Waals surface area contributed by atoms with Gasteiger partial charge in [0.05, 0.1) is 5.56 Å². The van der Waals surface area contributed by atoms with Gasteiger partial charge in [0.15, 0.2) is 0 Å². The summed E-state index contributed by atoms with van der Waals surface area (Å²) in [5, 5.41) is 6.18. The molecule has 2 N–H and O–H groups in total. The van der Waals surface area contributed by atoms with E-state index in [1.54, 1.807) is 19.1 Å². The third-order valence-electron chi connectivity index (χ3n) is 3.83. The van der Waals surface area contributed by atoms with E-state index in [0.29, 0.717) is 17.4 Å². The van der Waals surface area contributed by atoms with Crippen LogP contribution in [-0.4, -0.2) is 25.0 Å². The second-order valence-electron chi connectivity index (χ2n) is 4.92. The monoisotopic (exact) mass is 270 g/mol. The fraction of sp³-hybridized carbons (Fsp3) is 0.462. The van der Waals surface area contributed by atoms with Crippen LogP contribution in [0.5, 0.6) is 0 Å². The number of carbonyl (C=O) groups excluding carboxylic acids is 1. The summed E-state index contributed by atoms with van der Waals surface area (Å²) in [6.45, 7) is 3.60. The average Bonchev–Trinajstić information content (AvgIpc) is 2.76. The van der Waals surface area contributed by atoms with Crippen molar-refractivity contribution in [1.29, 1.82) is 0 Å². The molecule has 0 bridgehead atoms.